The van der Waals surface area contributed by atoms with E-state index in [9.17, 15) is 0 Å². The molecule has 0 aliphatic carbocycles. The summed E-state index contributed by atoms with van der Waals surface area (Å²) in [7, 11) is 0. The molecular weight excluding hydrogens is 254 g/mol. The van der Waals surface area contributed by atoms with E-state index < -0.39 is 0 Å². The van der Waals surface area contributed by atoms with Crippen LogP contribution < -0.4 is 10.1 Å². The molecule has 0 saturated heterocycles. The summed E-state index contributed by atoms with van der Waals surface area (Å²) >= 11 is 3.46. The summed E-state index contributed by atoms with van der Waals surface area (Å²) in [6, 6.07) is 6.23. The maximum Gasteiger partial charge on any atom is 0.129 e. The van der Waals surface area contributed by atoms with Gasteiger partial charge < -0.3 is 10.1 Å². The third-order valence-corrected chi connectivity index (χ3v) is 2.68. The highest BCUT2D eigenvalue weighted by atomic mass is 79.9. The van der Waals surface area contributed by atoms with E-state index in [1.807, 2.05) is 13.0 Å². The minimum absolute atomic E-state index is 0.719. The van der Waals surface area contributed by atoms with E-state index in [-0.39, 0.29) is 0 Å². The lowest BCUT2D eigenvalue weighted by Crippen LogP contribution is -2.82. The molecule has 0 aliphatic heterocycles. The molecule has 0 heterocycles. The van der Waals surface area contributed by atoms with Crippen molar-refractivity contribution in [2.75, 3.05) is 13.2 Å². The zero-order chi connectivity index (χ0) is 11.1. The number of benzene rings is 1. The van der Waals surface area contributed by atoms with Crippen LogP contribution in [0, 0.1) is 0 Å². The van der Waals surface area contributed by atoms with E-state index in [0.717, 1.165) is 23.4 Å². The maximum atomic E-state index is 5.60. The first-order chi connectivity index (χ1) is 7.27. The topological polar surface area (TPSA) is 25.8 Å². The van der Waals surface area contributed by atoms with Crippen molar-refractivity contribution in [3.63, 3.8) is 0 Å². The Kier molecular flexibility index (Phi) is 5.73. The van der Waals surface area contributed by atoms with Crippen molar-refractivity contribution in [3.8, 4) is 5.75 Å². The van der Waals surface area contributed by atoms with Gasteiger partial charge in [-0.2, -0.15) is 0 Å². The molecule has 3 heteroatoms. The first-order valence-electron chi connectivity index (χ1n) is 5.50. The fourth-order valence-electron chi connectivity index (χ4n) is 1.45. The van der Waals surface area contributed by atoms with Crippen LogP contribution in [-0.4, -0.2) is 13.2 Å². The Bertz CT molecular complexity index is 302. The predicted octanol–water partition coefficient (Wildman–Crippen LogP) is 2.32. The summed E-state index contributed by atoms with van der Waals surface area (Å²) < 4.78 is 6.67. The number of ether oxygens (including phenoxy) is 1. The molecule has 0 saturated carbocycles. The van der Waals surface area contributed by atoms with Crippen LogP contribution in [0.15, 0.2) is 22.7 Å². The van der Waals surface area contributed by atoms with Crippen LogP contribution in [-0.2, 0) is 6.54 Å². The van der Waals surface area contributed by atoms with Crippen molar-refractivity contribution >= 4 is 15.9 Å². The molecule has 0 aliphatic rings. The smallest absolute Gasteiger partial charge is 0.129 e. The SMILES string of the molecule is CCC[NH2+]Cc1ccc(Br)cc1OCC. The zero-order valence-corrected chi connectivity index (χ0v) is 11.0. The molecule has 15 heavy (non-hydrogen) atoms. The molecule has 0 atom stereocenters. The van der Waals surface area contributed by atoms with Gasteiger partial charge in [0.1, 0.15) is 12.3 Å². The Labute approximate surface area is 100 Å². The molecule has 0 spiro atoms. The number of rotatable bonds is 6. The monoisotopic (exact) mass is 272 g/mol. The summed E-state index contributed by atoms with van der Waals surface area (Å²) in [5, 5.41) is 2.31. The Balaban J connectivity index is 2.67. The van der Waals surface area contributed by atoms with E-state index in [1.165, 1.54) is 18.5 Å². The first-order valence-corrected chi connectivity index (χ1v) is 6.30. The van der Waals surface area contributed by atoms with Crippen LogP contribution in [0.3, 0.4) is 0 Å². The van der Waals surface area contributed by atoms with Gasteiger partial charge in [-0.1, -0.05) is 22.9 Å². The van der Waals surface area contributed by atoms with Crippen LogP contribution in [0.1, 0.15) is 25.8 Å². The summed E-state index contributed by atoms with van der Waals surface area (Å²) in [6.45, 7) is 7.09. The van der Waals surface area contributed by atoms with Gasteiger partial charge in [-0.3, -0.25) is 0 Å². The van der Waals surface area contributed by atoms with Gasteiger partial charge in [-0.25, -0.2) is 0 Å². The van der Waals surface area contributed by atoms with Crippen LogP contribution in [0.2, 0.25) is 0 Å². The van der Waals surface area contributed by atoms with Gasteiger partial charge >= 0.3 is 0 Å². The summed E-state index contributed by atoms with van der Waals surface area (Å²) in [5.74, 6) is 0.999. The lowest BCUT2D eigenvalue weighted by molar-refractivity contribution is -0.670. The Hall–Kier alpha value is -0.540. The second kappa shape index (κ2) is 6.85. The second-order valence-electron chi connectivity index (χ2n) is 3.47. The molecule has 0 fully saturated rings. The minimum atomic E-state index is 0.719. The number of quaternary nitrogens is 1. The molecule has 0 bridgehead atoms. The van der Waals surface area contributed by atoms with Crippen molar-refractivity contribution < 1.29 is 10.1 Å². The standard InChI is InChI=1S/C12H18BrNO/c1-3-7-14-9-10-5-6-11(13)8-12(10)15-4-2/h5-6,8,14H,3-4,7,9H2,1-2H3/p+1. The van der Waals surface area contributed by atoms with Gasteiger partial charge in [0, 0.05) is 10.0 Å². The van der Waals surface area contributed by atoms with Crippen molar-refractivity contribution in [1.29, 1.82) is 0 Å². The number of halogens is 1. The molecule has 1 rings (SSSR count). The van der Waals surface area contributed by atoms with E-state index in [4.69, 9.17) is 4.74 Å². The van der Waals surface area contributed by atoms with E-state index in [1.54, 1.807) is 0 Å². The van der Waals surface area contributed by atoms with Crippen molar-refractivity contribution in [1.82, 2.24) is 0 Å². The van der Waals surface area contributed by atoms with Crippen molar-refractivity contribution in [2.24, 2.45) is 0 Å². The Morgan fingerprint density at radius 2 is 2.13 bits per heavy atom. The molecular formula is C12H19BrNO+. The average Bonchev–Trinajstić information content (AvgIpc) is 2.22. The van der Waals surface area contributed by atoms with Gasteiger partial charge in [-0.15, -0.1) is 0 Å². The molecule has 1 aromatic rings. The highest BCUT2D eigenvalue weighted by molar-refractivity contribution is 9.10. The van der Waals surface area contributed by atoms with Gasteiger partial charge in [0.25, 0.3) is 0 Å². The fourth-order valence-corrected chi connectivity index (χ4v) is 1.79. The third kappa shape index (κ3) is 4.22. The normalized spacial score (nSPS) is 10.3. The Morgan fingerprint density at radius 3 is 2.80 bits per heavy atom. The van der Waals surface area contributed by atoms with E-state index in [0.29, 0.717) is 0 Å². The lowest BCUT2D eigenvalue weighted by atomic mass is 10.2. The molecule has 0 amide bonds. The molecule has 0 radical (unpaired) electrons. The van der Waals surface area contributed by atoms with Crippen LogP contribution >= 0.6 is 15.9 Å². The lowest BCUT2D eigenvalue weighted by Gasteiger charge is -2.09. The molecule has 0 aromatic heterocycles. The third-order valence-electron chi connectivity index (χ3n) is 2.19. The largest absolute Gasteiger partial charge is 0.493 e. The summed E-state index contributed by atoms with van der Waals surface area (Å²) in [5.41, 5.74) is 1.27. The summed E-state index contributed by atoms with van der Waals surface area (Å²) in [4.78, 5) is 0. The van der Waals surface area contributed by atoms with Crippen LogP contribution in [0.25, 0.3) is 0 Å². The van der Waals surface area contributed by atoms with Crippen LogP contribution in [0.5, 0.6) is 5.75 Å². The average molecular weight is 273 g/mol. The molecule has 0 unspecified atom stereocenters. The maximum absolute atomic E-state index is 5.60. The second-order valence-corrected chi connectivity index (χ2v) is 4.38. The van der Waals surface area contributed by atoms with Gasteiger partial charge in [-0.05, 0) is 31.5 Å². The van der Waals surface area contributed by atoms with Gasteiger partial charge in [0.15, 0.2) is 0 Å². The number of hydrogen-bond donors (Lipinski definition) is 1. The van der Waals surface area contributed by atoms with E-state index in [2.05, 4.69) is 40.3 Å². The first kappa shape index (κ1) is 12.5. The van der Waals surface area contributed by atoms with E-state index >= 15 is 0 Å². The number of nitrogens with two attached hydrogens (primary N) is 1. The summed E-state index contributed by atoms with van der Waals surface area (Å²) in [6.07, 6.45) is 1.21. The predicted molar refractivity (Wildman–Crippen MR) is 66.1 cm³/mol. The molecule has 1 aromatic carbocycles. The Morgan fingerprint density at radius 1 is 1.33 bits per heavy atom. The number of hydrogen-bond acceptors (Lipinski definition) is 1. The fraction of sp³-hybridized carbons (Fsp3) is 0.500. The van der Waals surface area contributed by atoms with Crippen molar-refractivity contribution in [3.05, 3.63) is 28.2 Å². The van der Waals surface area contributed by atoms with Crippen molar-refractivity contribution in [2.45, 2.75) is 26.8 Å². The highest BCUT2D eigenvalue weighted by Gasteiger charge is 2.05. The quantitative estimate of drug-likeness (QED) is 0.791. The van der Waals surface area contributed by atoms with Crippen LogP contribution in [0.4, 0.5) is 0 Å². The van der Waals surface area contributed by atoms with Gasteiger partial charge in [0.05, 0.1) is 13.2 Å². The highest BCUT2D eigenvalue weighted by Crippen LogP contribution is 2.23. The minimum Gasteiger partial charge on any atom is -0.493 e. The molecule has 2 nitrogen and oxygen atoms in total. The van der Waals surface area contributed by atoms with Gasteiger partial charge in [0.2, 0.25) is 0 Å². The molecule has 2 N–H and O–H groups in total. The zero-order valence-electron chi connectivity index (χ0n) is 9.42. The molecule has 84 valence electrons.